The van der Waals surface area contributed by atoms with Crippen LogP contribution in [0.15, 0.2) is 42.5 Å². The number of esters is 2. The van der Waals surface area contributed by atoms with E-state index in [2.05, 4.69) is 4.98 Å². The predicted octanol–water partition coefficient (Wildman–Crippen LogP) is 4.27. The van der Waals surface area contributed by atoms with Crippen LogP contribution >= 0.6 is 0 Å². The van der Waals surface area contributed by atoms with Gasteiger partial charge in [0.2, 0.25) is 5.75 Å². The molecule has 154 valence electrons. The molecule has 0 radical (unpaired) electrons. The van der Waals surface area contributed by atoms with E-state index in [-0.39, 0.29) is 5.75 Å². The minimum Gasteiger partial charge on any atom is -0.493 e. The molecule has 0 bridgehead atoms. The SMILES string of the molecule is COc1cc(/C=C/c2ccc3cccc(OC(C)=O)c3n2)cc(OC)c1OC(C)=O. The van der Waals surface area contributed by atoms with Gasteiger partial charge in [0, 0.05) is 19.2 Å². The van der Waals surface area contributed by atoms with Crippen LogP contribution in [0.2, 0.25) is 0 Å². The first kappa shape index (κ1) is 20.9. The van der Waals surface area contributed by atoms with Gasteiger partial charge in [-0.3, -0.25) is 9.59 Å². The van der Waals surface area contributed by atoms with E-state index >= 15 is 0 Å². The van der Waals surface area contributed by atoms with Crippen LogP contribution in [0.25, 0.3) is 23.1 Å². The molecule has 1 aromatic heterocycles. The standard InChI is InChI=1S/C23H21NO6/c1-14(25)29-19-7-5-6-17-9-11-18(24-22(17)19)10-8-16-12-20(27-3)23(30-15(2)26)21(13-16)28-4/h5-13H,1-4H3/b10-8+. The van der Waals surface area contributed by atoms with Crippen LogP contribution in [-0.4, -0.2) is 31.1 Å². The summed E-state index contributed by atoms with van der Waals surface area (Å²) in [6.45, 7) is 2.66. The van der Waals surface area contributed by atoms with Crippen LogP contribution in [0.1, 0.15) is 25.1 Å². The monoisotopic (exact) mass is 407 g/mol. The lowest BCUT2D eigenvalue weighted by Gasteiger charge is -2.13. The Labute approximate surface area is 173 Å². The van der Waals surface area contributed by atoms with Gasteiger partial charge in [-0.05, 0) is 35.9 Å². The minimum atomic E-state index is -0.473. The highest BCUT2D eigenvalue weighted by molar-refractivity contribution is 5.88. The highest BCUT2D eigenvalue weighted by Gasteiger charge is 2.15. The molecule has 2 aromatic carbocycles. The lowest BCUT2D eigenvalue weighted by molar-refractivity contribution is -0.132. The summed E-state index contributed by atoms with van der Waals surface area (Å²) >= 11 is 0. The highest BCUT2D eigenvalue weighted by atomic mass is 16.6. The van der Waals surface area contributed by atoms with E-state index in [1.807, 2.05) is 30.4 Å². The van der Waals surface area contributed by atoms with Crippen LogP contribution in [0.4, 0.5) is 0 Å². The molecule has 0 saturated heterocycles. The number of nitrogens with zero attached hydrogens (tertiary/aromatic N) is 1. The van der Waals surface area contributed by atoms with Gasteiger partial charge >= 0.3 is 11.9 Å². The first-order chi connectivity index (χ1) is 14.4. The Balaban J connectivity index is 1.97. The number of aromatic nitrogens is 1. The Morgan fingerprint density at radius 1 is 0.833 bits per heavy atom. The molecule has 0 fully saturated rings. The first-order valence-electron chi connectivity index (χ1n) is 9.12. The molecular weight excluding hydrogens is 386 g/mol. The van der Waals surface area contributed by atoms with E-state index in [9.17, 15) is 9.59 Å². The summed E-state index contributed by atoms with van der Waals surface area (Å²) in [6, 6.07) is 12.6. The second kappa shape index (κ2) is 9.09. The molecule has 7 heteroatoms. The van der Waals surface area contributed by atoms with Gasteiger partial charge in [0.15, 0.2) is 17.2 Å². The smallest absolute Gasteiger partial charge is 0.308 e. The third-order valence-corrected chi connectivity index (χ3v) is 4.13. The fourth-order valence-corrected chi connectivity index (χ4v) is 2.89. The van der Waals surface area contributed by atoms with Crippen molar-refractivity contribution in [3.05, 3.63) is 53.7 Å². The second-order valence-corrected chi connectivity index (χ2v) is 6.34. The molecule has 0 N–H and O–H groups in total. The molecule has 0 spiro atoms. The number of carbonyl (C=O) groups excluding carboxylic acids is 2. The van der Waals surface area contributed by atoms with Crippen molar-refractivity contribution in [1.29, 1.82) is 0 Å². The summed E-state index contributed by atoms with van der Waals surface area (Å²) in [5.74, 6) is 0.487. The van der Waals surface area contributed by atoms with Crippen molar-refractivity contribution in [2.45, 2.75) is 13.8 Å². The fourth-order valence-electron chi connectivity index (χ4n) is 2.89. The second-order valence-electron chi connectivity index (χ2n) is 6.34. The van der Waals surface area contributed by atoms with Crippen molar-refractivity contribution in [2.75, 3.05) is 14.2 Å². The highest BCUT2D eigenvalue weighted by Crippen LogP contribution is 2.39. The van der Waals surface area contributed by atoms with Crippen molar-refractivity contribution in [3.8, 4) is 23.0 Å². The van der Waals surface area contributed by atoms with Crippen LogP contribution in [0, 0.1) is 0 Å². The third-order valence-electron chi connectivity index (χ3n) is 4.13. The van der Waals surface area contributed by atoms with Crippen LogP contribution in [0.3, 0.4) is 0 Å². The van der Waals surface area contributed by atoms with Gasteiger partial charge in [0.25, 0.3) is 0 Å². The Hall–Kier alpha value is -3.87. The number of hydrogen-bond donors (Lipinski definition) is 0. The summed E-state index contributed by atoms with van der Waals surface area (Å²) in [7, 11) is 2.97. The molecular formula is C23H21NO6. The summed E-state index contributed by atoms with van der Waals surface area (Å²) in [5, 5.41) is 0.861. The van der Waals surface area contributed by atoms with Crippen molar-refractivity contribution < 1.29 is 28.5 Å². The molecule has 0 amide bonds. The number of pyridine rings is 1. The third kappa shape index (κ3) is 4.75. The predicted molar refractivity (Wildman–Crippen MR) is 113 cm³/mol. The molecule has 3 aromatic rings. The average Bonchev–Trinajstić information content (AvgIpc) is 2.72. The number of fused-ring (bicyclic) bond motifs is 1. The van der Waals surface area contributed by atoms with Crippen LogP contribution in [0.5, 0.6) is 23.0 Å². The quantitative estimate of drug-likeness (QED) is 0.446. The van der Waals surface area contributed by atoms with Crippen LogP contribution in [-0.2, 0) is 9.59 Å². The molecule has 0 saturated carbocycles. The van der Waals surface area contributed by atoms with E-state index < -0.39 is 11.9 Å². The van der Waals surface area contributed by atoms with Gasteiger partial charge in [0.1, 0.15) is 5.52 Å². The van der Waals surface area contributed by atoms with Crippen LogP contribution < -0.4 is 18.9 Å². The Morgan fingerprint density at radius 3 is 2.10 bits per heavy atom. The molecule has 0 atom stereocenters. The Morgan fingerprint density at radius 2 is 1.50 bits per heavy atom. The number of benzene rings is 2. The first-order valence-corrected chi connectivity index (χ1v) is 9.12. The summed E-state index contributed by atoms with van der Waals surface area (Å²) in [4.78, 5) is 27.3. The van der Waals surface area contributed by atoms with E-state index in [4.69, 9.17) is 18.9 Å². The van der Waals surface area contributed by atoms with E-state index in [1.165, 1.54) is 28.1 Å². The molecule has 1 heterocycles. The summed E-state index contributed by atoms with van der Waals surface area (Å²) in [5.41, 5.74) is 2.02. The van der Waals surface area contributed by atoms with Gasteiger partial charge in [0.05, 0.1) is 19.9 Å². The minimum absolute atomic E-state index is 0.222. The number of hydrogen-bond acceptors (Lipinski definition) is 7. The molecule has 0 aliphatic rings. The summed E-state index contributed by atoms with van der Waals surface area (Å²) < 4.78 is 21.1. The lowest BCUT2D eigenvalue weighted by Crippen LogP contribution is -2.05. The maximum atomic E-state index is 11.4. The molecule has 7 nitrogen and oxygen atoms in total. The average molecular weight is 407 g/mol. The van der Waals surface area contributed by atoms with Crippen molar-refractivity contribution in [3.63, 3.8) is 0 Å². The fraction of sp³-hybridized carbons (Fsp3) is 0.174. The van der Waals surface area contributed by atoms with Crippen molar-refractivity contribution >= 4 is 35.0 Å². The van der Waals surface area contributed by atoms with Gasteiger partial charge in [-0.25, -0.2) is 4.98 Å². The van der Waals surface area contributed by atoms with Gasteiger partial charge in [-0.2, -0.15) is 0 Å². The number of ether oxygens (including phenoxy) is 4. The normalized spacial score (nSPS) is 10.8. The van der Waals surface area contributed by atoms with Gasteiger partial charge in [-0.1, -0.05) is 24.3 Å². The molecule has 3 rings (SSSR count). The molecule has 0 aliphatic carbocycles. The zero-order valence-electron chi connectivity index (χ0n) is 17.1. The van der Waals surface area contributed by atoms with E-state index in [1.54, 1.807) is 24.3 Å². The number of methoxy groups -OCH3 is 2. The molecule has 30 heavy (non-hydrogen) atoms. The largest absolute Gasteiger partial charge is 0.493 e. The zero-order valence-corrected chi connectivity index (χ0v) is 17.1. The maximum absolute atomic E-state index is 11.4. The van der Waals surface area contributed by atoms with Crippen molar-refractivity contribution in [1.82, 2.24) is 4.98 Å². The van der Waals surface area contributed by atoms with Gasteiger partial charge in [-0.15, -0.1) is 0 Å². The van der Waals surface area contributed by atoms with E-state index in [0.29, 0.717) is 28.5 Å². The lowest BCUT2D eigenvalue weighted by atomic mass is 10.1. The number of para-hydroxylation sites is 1. The van der Waals surface area contributed by atoms with Gasteiger partial charge < -0.3 is 18.9 Å². The Kier molecular flexibility index (Phi) is 6.32. The topological polar surface area (TPSA) is 84.0 Å². The Bertz CT molecular complexity index is 1110. The molecule has 0 unspecified atom stereocenters. The number of rotatable bonds is 6. The summed E-state index contributed by atoms with van der Waals surface area (Å²) in [6.07, 6.45) is 3.63. The van der Waals surface area contributed by atoms with E-state index in [0.717, 1.165) is 10.9 Å². The zero-order chi connectivity index (χ0) is 21.7. The number of carbonyl (C=O) groups is 2. The molecule has 0 aliphatic heterocycles. The maximum Gasteiger partial charge on any atom is 0.308 e. The van der Waals surface area contributed by atoms with Crippen molar-refractivity contribution in [2.24, 2.45) is 0 Å².